The van der Waals surface area contributed by atoms with Crippen molar-refractivity contribution in [2.45, 2.75) is 50.7 Å². The van der Waals surface area contributed by atoms with Crippen LogP contribution in [0, 0.1) is 0 Å². The molecule has 2 N–H and O–H groups in total. The first kappa shape index (κ1) is 26.0. The average molecular weight is 561 g/mol. The fourth-order valence-corrected chi connectivity index (χ4v) is 5.12. The van der Waals surface area contributed by atoms with E-state index in [0.29, 0.717) is 24.3 Å². The van der Waals surface area contributed by atoms with Gasteiger partial charge in [0.1, 0.15) is 11.4 Å². The average Bonchev–Trinajstić information content (AvgIpc) is 3.54. The van der Waals surface area contributed by atoms with Crippen molar-refractivity contribution < 1.29 is 30.9 Å². The van der Waals surface area contributed by atoms with E-state index in [0.717, 1.165) is 31.0 Å². The summed E-state index contributed by atoms with van der Waals surface area (Å²) in [6, 6.07) is 11.1. The topological polar surface area (TPSA) is 82.3 Å². The number of hydrogen-bond acceptors (Lipinski definition) is 6. The van der Waals surface area contributed by atoms with Crippen LogP contribution in [0.25, 0.3) is 11.3 Å². The van der Waals surface area contributed by atoms with Crippen molar-refractivity contribution in [2.75, 3.05) is 5.32 Å². The van der Waals surface area contributed by atoms with Gasteiger partial charge in [0.25, 0.3) is 0 Å². The third-order valence-electron chi connectivity index (χ3n) is 7.00. The largest absolute Gasteiger partial charge is 0.417 e. The number of alkyl halides is 6. The van der Waals surface area contributed by atoms with E-state index in [2.05, 4.69) is 37.7 Å². The third-order valence-corrected chi connectivity index (χ3v) is 7.00. The number of rotatable bonds is 5. The van der Waals surface area contributed by atoms with Crippen molar-refractivity contribution in [1.82, 2.24) is 20.1 Å². The Kier molecular flexibility index (Phi) is 6.31. The van der Waals surface area contributed by atoms with Gasteiger partial charge >= 0.3 is 12.4 Å². The van der Waals surface area contributed by atoms with Gasteiger partial charge < -0.3 is 14.8 Å². The Hall–Kier alpha value is -4.29. The number of fused-ring (bicyclic) bond motifs is 2. The fraction of sp³-hybridized carbons (Fsp3) is 0.296. The SMILES string of the molecule is FC(F)(F)c1ccc(-c2cc(CN3Cc4[nH]c(NC5CCCc6ccccc65)nc4C=N3)on2)c(C(F)(F)F)c1. The molecular weight excluding hydrogens is 538 g/mol. The Labute approximate surface area is 223 Å². The second-order valence-electron chi connectivity index (χ2n) is 9.74. The van der Waals surface area contributed by atoms with Crippen molar-refractivity contribution in [3.05, 3.63) is 87.9 Å². The van der Waals surface area contributed by atoms with Gasteiger partial charge in [-0.15, -0.1) is 0 Å². The predicted molar refractivity (Wildman–Crippen MR) is 133 cm³/mol. The molecule has 0 bridgehead atoms. The molecule has 2 aromatic carbocycles. The number of nitrogens with one attached hydrogen (secondary N) is 2. The summed E-state index contributed by atoms with van der Waals surface area (Å²) in [6.07, 6.45) is -5.27. The number of halogens is 6. The lowest BCUT2D eigenvalue weighted by molar-refractivity contribution is -0.142. The number of aryl methyl sites for hydroxylation is 1. The molecule has 1 aliphatic heterocycles. The summed E-state index contributed by atoms with van der Waals surface area (Å²) in [5.74, 6) is 0.809. The number of H-pyrrole nitrogens is 1. The Bertz CT molecular complexity index is 1570. The smallest absolute Gasteiger partial charge is 0.359 e. The number of anilines is 1. The number of nitrogens with zero attached hydrogens (tertiary/aromatic N) is 4. The van der Waals surface area contributed by atoms with Crippen LogP contribution in [0.1, 0.15) is 58.3 Å². The molecule has 1 aliphatic carbocycles. The van der Waals surface area contributed by atoms with E-state index in [1.54, 1.807) is 11.2 Å². The van der Waals surface area contributed by atoms with Crippen molar-refractivity contribution in [2.24, 2.45) is 5.10 Å². The Morgan fingerprint density at radius 3 is 2.65 bits per heavy atom. The first-order valence-corrected chi connectivity index (χ1v) is 12.5. The Morgan fingerprint density at radius 2 is 1.85 bits per heavy atom. The number of aromatic nitrogens is 3. The van der Waals surface area contributed by atoms with E-state index in [1.165, 1.54) is 17.2 Å². The molecule has 0 saturated heterocycles. The van der Waals surface area contributed by atoms with Gasteiger partial charge in [0.15, 0.2) is 5.76 Å². The van der Waals surface area contributed by atoms with Crippen LogP contribution in [0.4, 0.5) is 32.3 Å². The zero-order chi connectivity index (χ0) is 28.1. The molecule has 0 fully saturated rings. The highest BCUT2D eigenvalue weighted by Crippen LogP contribution is 2.41. The number of imidazole rings is 1. The molecule has 7 nitrogen and oxygen atoms in total. The summed E-state index contributed by atoms with van der Waals surface area (Å²) in [5, 5.41) is 13.1. The van der Waals surface area contributed by atoms with Crippen molar-refractivity contribution in [1.29, 1.82) is 0 Å². The highest BCUT2D eigenvalue weighted by molar-refractivity contribution is 5.80. The minimum absolute atomic E-state index is 0.0721. The van der Waals surface area contributed by atoms with Crippen LogP contribution in [-0.4, -0.2) is 26.3 Å². The van der Waals surface area contributed by atoms with Gasteiger partial charge in [-0.3, -0.25) is 5.01 Å². The Balaban J connectivity index is 1.16. The number of benzene rings is 2. The molecule has 1 atom stereocenters. The number of hydrogen-bond donors (Lipinski definition) is 2. The van der Waals surface area contributed by atoms with Crippen molar-refractivity contribution in [3.63, 3.8) is 0 Å². The van der Waals surface area contributed by atoms with Crippen LogP contribution in [0.15, 0.2) is 58.2 Å². The lowest BCUT2D eigenvalue weighted by Gasteiger charge is -2.26. The highest BCUT2D eigenvalue weighted by Gasteiger charge is 2.39. The van der Waals surface area contributed by atoms with E-state index < -0.39 is 29.0 Å². The van der Waals surface area contributed by atoms with Gasteiger partial charge in [-0.25, -0.2) is 4.98 Å². The second kappa shape index (κ2) is 9.72. The summed E-state index contributed by atoms with van der Waals surface area (Å²) < 4.78 is 85.0. The first-order chi connectivity index (χ1) is 19.0. The molecule has 0 radical (unpaired) electrons. The first-order valence-electron chi connectivity index (χ1n) is 12.5. The van der Waals surface area contributed by atoms with E-state index in [-0.39, 0.29) is 30.1 Å². The van der Waals surface area contributed by atoms with Crippen LogP contribution in [0.5, 0.6) is 0 Å². The molecule has 40 heavy (non-hydrogen) atoms. The maximum atomic E-state index is 13.6. The summed E-state index contributed by atoms with van der Waals surface area (Å²) >= 11 is 0. The minimum Gasteiger partial charge on any atom is -0.359 e. The molecule has 208 valence electrons. The molecule has 2 aromatic heterocycles. The molecule has 0 saturated carbocycles. The number of hydrazone groups is 1. The molecule has 0 spiro atoms. The fourth-order valence-electron chi connectivity index (χ4n) is 5.12. The molecule has 2 aliphatic rings. The summed E-state index contributed by atoms with van der Waals surface area (Å²) in [4.78, 5) is 7.88. The standard InChI is InChI=1S/C27H22F6N6O/c28-26(29,30)16-8-9-19(20(10-16)27(31,32)33)22-11-17(40-38-22)13-39-14-24-23(12-34-39)36-25(37-24)35-21-7-3-5-15-4-1-2-6-18(15)21/h1-2,4,6,8-12,21H,3,5,7,13-14H2,(H2,35,36,37). The van der Waals surface area contributed by atoms with Crippen molar-refractivity contribution in [3.8, 4) is 11.3 Å². The highest BCUT2D eigenvalue weighted by atomic mass is 19.4. The number of aromatic amines is 1. The van der Waals surface area contributed by atoms with Gasteiger partial charge in [-0.05, 0) is 42.5 Å². The van der Waals surface area contributed by atoms with E-state index in [1.807, 2.05) is 12.1 Å². The lowest BCUT2D eigenvalue weighted by atomic mass is 9.88. The normalized spacial score (nSPS) is 17.1. The zero-order valence-electron chi connectivity index (χ0n) is 20.8. The maximum Gasteiger partial charge on any atom is 0.417 e. The molecule has 3 heterocycles. The van der Waals surface area contributed by atoms with E-state index in [9.17, 15) is 26.3 Å². The van der Waals surface area contributed by atoms with Crippen LogP contribution in [0.3, 0.4) is 0 Å². The van der Waals surface area contributed by atoms with Crippen LogP contribution in [0.2, 0.25) is 0 Å². The van der Waals surface area contributed by atoms with Gasteiger partial charge in [-0.2, -0.15) is 31.4 Å². The minimum atomic E-state index is -5.02. The maximum absolute atomic E-state index is 13.6. The van der Waals surface area contributed by atoms with Crippen molar-refractivity contribution >= 4 is 12.2 Å². The van der Waals surface area contributed by atoms with Gasteiger partial charge in [0.2, 0.25) is 5.95 Å². The summed E-state index contributed by atoms with van der Waals surface area (Å²) in [7, 11) is 0. The lowest BCUT2D eigenvalue weighted by Crippen LogP contribution is -2.21. The molecule has 6 rings (SSSR count). The molecular formula is C27H22F6N6O. The molecule has 13 heteroatoms. The molecule has 0 amide bonds. The zero-order valence-corrected chi connectivity index (χ0v) is 20.8. The Morgan fingerprint density at radius 1 is 1.02 bits per heavy atom. The van der Waals surface area contributed by atoms with Crippen LogP contribution in [-0.2, 0) is 31.9 Å². The van der Waals surface area contributed by atoms with E-state index >= 15 is 0 Å². The van der Waals surface area contributed by atoms with Gasteiger partial charge in [0.05, 0.1) is 42.2 Å². The monoisotopic (exact) mass is 560 g/mol. The molecule has 4 aromatic rings. The van der Waals surface area contributed by atoms with Crippen LogP contribution < -0.4 is 5.32 Å². The van der Waals surface area contributed by atoms with E-state index in [4.69, 9.17) is 4.52 Å². The predicted octanol–water partition coefficient (Wildman–Crippen LogP) is 6.94. The van der Waals surface area contributed by atoms with Gasteiger partial charge in [-0.1, -0.05) is 35.5 Å². The second-order valence-corrected chi connectivity index (χ2v) is 9.74. The quantitative estimate of drug-likeness (QED) is 0.259. The summed E-state index contributed by atoms with van der Waals surface area (Å²) in [5.41, 5.74) is 0.463. The van der Waals surface area contributed by atoms with Gasteiger partial charge in [0, 0.05) is 11.6 Å². The van der Waals surface area contributed by atoms with Crippen LogP contribution >= 0.6 is 0 Å². The third kappa shape index (κ3) is 5.15. The molecule has 1 unspecified atom stereocenters. The summed E-state index contributed by atoms with van der Waals surface area (Å²) in [6.45, 7) is 0.397.